The van der Waals surface area contributed by atoms with Gasteiger partial charge in [0.15, 0.2) is 11.6 Å². The predicted molar refractivity (Wildman–Crippen MR) is 180 cm³/mol. The van der Waals surface area contributed by atoms with Crippen LogP contribution in [-0.4, -0.2) is 71.8 Å². The molecule has 244 valence electrons. The highest BCUT2D eigenvalue weighted by molar-refractivity contribution is 6.20. The lowest BCUT2D eigenvalue weighted by molar-refractivity contribution is 0.100. The summed E-state index contributed by atoms with van der Waals surface area (Å²) < 4.78 is 19.7. The third-order valence-corrected chi connectivity index (χ3v) is 7.19. The van der Waals surface area contributed by atoms with E-state index < -0.39 is 0 Å². The number of benzene rings is 2. The zero-order valence-electron chi connectivity index (χ0n) is 27.6. The maximum absolute atomic E-state index is 11.2. The predicted octanol–water partition coefficient (Wildman–Crippen LogP) is 9.22. The van der Waals surface area contributed by atoms with Crippen LogP contribution in [0.25, 0.3) is 11.1 Å². The first kappa shape index (κ1) is 40.9. The van der Waals surface area contributed by atoms with E-state index in [2.05, 4.69) is 0 Å². The van der Waals surface area contributed by atoms with Gasteiger partial charge in [-0.3, -0.25) is 9.59 Å². The van der Waals surface area contributed by atoms with Gasteiger partial charge in [-0.15, -0.1) is 11.6 Å². The molecular formula is C36H57ClO6. The molecule has 0 fully saturated rings. The van der Waals surface area contributed by atoms with E-state index in [4.69, 9.17) is 30.5 Å². The van der Waals surface area contributed by atoms with E-state index in [0.29, 0.717) is 24.3 Å². The third kappa shape index (κ3) is 23.0. The summed E-state index contributed by atoms with van der Waals surface area (Å²) in [6.07, 6.45) is 14.4. The van der Waals surface area contributed by atoms with Crippen LogP contribution in [0.3, 0.4) is 0 Å². The molecule has 7 heteroatoms. The normalized spacial score (nSPS) is 11.1. The van der Waals surface area contributed by atoms with Crippen molar-refractivity contribution >= 4 is 23.2 Å². The number of halogens is 1. The molecule has 1 unspecified atom stereocenters. The Morgan fingerprint density at radius 2 is 0.860 bits per heavy atom. The monoisotopic (exact) mass is 620 g/mol. The average Bonchev–Trinajstić information content (AvgIpc) is 3.01. The van der Waals surface area contributed by atoms with Crippen molar-refractivity contribution in [3.8, 4) is 11.1 Å². The first-order valence-electron chi connectivity index (χ1n) is 15.6. The Balaban J connectivity index is 0.000000651. The summed E-state index contributed by atoms with van der Waals surface area (Å²) in [5.74, 6) is 0.127. The molecule has 2 rings (SSSR count). The van der Waals surface area contributed by atoms with Crippen molar-refractivity contribution in [1.29, 1.82) is 0 Å². The van der Waals surface area contributed by atoms with E-state index in [0.717, 1.165) is 30.8 Å². The second kappa shape index (κ2) is 28.7. The van der Waals surface area contributed by atoms with Crippen LogP contribution in [0.2, 0.25) is 0 Å². The molecular weight excluding hydrogens is 564 g/mol. The molecule has 2 aromatic carbocycles. The minimum Gasteiger partial charge on any atom is -0.385 e. The fraction of sp³-hybridized carbons (Fsp3) is 0.611. The minimum atomic E-state index is 0.0634. The van der Waals surface area contributed by atoms with Crippen LogP contribution in [0.1, 0.15) is 105 Å². The number of alkyl halides is 1. The molecule has 0 N–H and O–H groups in total. The molecule has 1 atom stereocenters. The van der Waals surface area contributed by atoms with Gasteiger partial charge < -0.3 is 18.9 Å². The molecule has 0 radical (unpaired) electrons. The van der Waals surface area contributed by atoms with Gasteiger partial charge in [0.1, 0.15) is 0 Å². The summed E-state index contributed by atoms with van der Waals surface area (Å²) in [5.41, 5.74) is 3.49. The van der Waals surface area contributed by atoms with Crippen molar-refractivity contribution in [2.75, 3.05) is 54.9 Å². The van der Waals surface area contributed by atoms with Crippen LogP contribution < -0.4 is 0 Å². The summed E-state index contributed by atoms with van der Waals surface area (Å²) in [6.45, 7) is 6.27. The summed E-state index contributed by atoms with van der Waals surface area (Å²) in [6, 6.07) is 14.9. The van der Waals surface area contributed by atoms with Crippen molar-refractivity contribution < 1.29 is 28.5 Å². The minimum absolute atomic E-state index is 0.0634. The fourth-order valence-corrected chi connectivity index (χ4v) is 4.43. The molecule has 0 saturated heterocycles. The van der Waals surface area contributed by atoms with Gasteiger partial charge in [0.2, 0.25) is 0 Å². The molecule has 2 aromatic rings. The van der Waals surface area contributed by atoms with Crippen LogP contribution in [0.5, 0.6) is 0 Å². The second-order valence-corrected chi connectivity index (χ2v) is 11.2. The number of carbonyl (C=O) groups is 2. The summed E-state index contributed by atoms with van der Waals surface area (Å²) in [4.78, 5) is 22.4. The molecule has 0 bridgehead atoms. The zero-order chi connectivity index (χ0) is 32.1. The number of rotatable bonds is 21. The molecule has 0 heterocycles. The summed E-state index contributed by atoms with van der Waals surface area (Å²) in [7, 11) is 6.87. The summed E-state index contributed by atoms with van der Waals surface area (Å²) >= 11 is 5.75. The second-order valence-electron chi connectivity index (χ2n) is 10.6. The molecule has 0 spiro atoms. The number of carbonyl (C=O) groups excluding carboxylic acids is 2. The molecule has 0 aliphatic carbocycles. The maximum atomic E-state index is 11.2. The number of hydrogen-bond acceptors (Lipinski definition) is 6. The highest BCUT2D eigenvalue weighted by atomic mass is 35.5. The number of Topliss-reactive ketones (excluding diaryl/α,β-unsaturated/α-hetero) is 2. The van der Waals surface area contributed by atoms with Gasteiger partial charge in [-0.05, 0) is 44.2 Å². The Kier molecular flexibility index (Phi) is 27.3. The Bertz CT molecular complexity index is 860. The number of methoxy groups -OCH3 is 4. The average molecular weight is 621 g/mol. The Morgan fingerprint density at radius 1 is 0.535 bits per heavy atom. The van der Waals surface area contributed by atoms with Crippen molar-refractivity contribution in [1.82, 2.24) is 0 Å². The highest BCUT2D eigenvalue weighted by Crippen LogP contribution is 2.20. The van der Waals surface area contributed by atoms with Crippen molar-refractivity contribution in [3.63, 3.8) is 0 Å². The van der Waals surface area contributed by atoms with Gasteiger partial charge in [0, 0.05) is 59.4 Å². The van der Waals surface area contributed by atoms with Gasteiger partial charge in [-0.25, -0.2) is 0 Å². The topological polar surface area (TPSA) is 71.1 Å². The van der Waals surface area contributed by atoms with Crippen LogP contribution >= 0.6 is 11.6 Å². The molecule has 43 heavy (non-hydrogen) atoms. The maximum Gasteiger partial charge on any atom is 0.159 e. The molecule has 6 nitrogen and oxygen atoms in total. The lowest BCUT2D eigenvalue weighted by Gasteiger charge is -2.05. The third-order valence-electron chi connectivity index (χ3n) is 6.85. The van der Waals surface area contributed by atoms with Gasteiger partial charge in [0.25, 0.3) is 0 Å². The SMILES string of the molecule is CC(=O)c1ccc(-c2ccc(C(C)=O)cc2)cc1.COCCC(Cl)COC.COCCCCCCCCCCCCOC. The van der Waals surface area contributed by atoms with Gasteiger partial charge >= 0.3 is 0 Å². The van der Waals surface area contributed by atoms with Gasteiger partial charge in [-0.2, -0.15) is 0 Å². The Morgan fingerprint density at radius 3 is 1.14 bits per heavy atom. The van der Waals surface area contributed by atoms with E-state index in [1.807, 2.05) is 48.5 Å². The van der Waals surface area contributed by atoms with E-state index in [1.165, 1.54) is 64.2 Å². The van der Waals surface area contributed by atoms with E-state index in [-0.39, 0.29) is 16.9 Å². The van der Waals surface area contributed by atoms with E-state index in [1.54, 1.807) is 42.3 Å². The van der Waals surface area contributed by atoms with Crippen molar-refractivity contribution in [3.05, 3.63) is 59.7 Å². The Labute approximate surface area is 266 Å². The first-order chi connectivity index (χ1) is 20.8. The largest absolute Gasteiger partial charge is 0.385 e. The molecule has 0 aliphatic heterocycles. The zero-order valence-corrected chi connectivity index (χ0v) is 28.4. The van der Waals surface area contributed by atoms with Crippen LogP contribution in [0.4, 0.5) is 0 Å². The van der Waals surface area contributed by atoms with E-state index in [9.17, 15) is 9.59 Å². The fourth-order valence-electron chi connectivity index (χ4n) is 4.21. The number of hydrogen-bond donors (Lipinski definition) is 0. The van der Waals surface area contributed by atoms with Gasteiger partial charge in [-0.1, -0.05) is 99.9 Å². The smallest absolute Gasteiger partial charge is 0.159 e. The molecule has 0 aromatic heterocycles. The van der Waals surface area contributed by atoms with Crippen molar-refractivity contribution in [2.24, 2.45) is 0 Å². The molecule has 0 saturated carbocycles. The lowest BCUT2D eigenvalue weighted by Crippen LogP contribution is -2.09. The Hall–Kier alpha value is -2.09. The van der Waals surface area contributed by atoms with Crippen LogP contribution in [0, 0.1) is 0 Å². The van der Waals surface area contributed by atoms with Crippen LogP contribution in [-0.2, 0) is 18.9 Å². The summed E-state index contributed by atoms with van der Waals surface area (Å²) in [5, 5.41) is 0.0925. The first-order valence-corrected chi connectivity index (χ1v) is 16.1. The number of ether oxygens (including phenoxy) is 4. The number of ketones is 2. The van der Waals surface area contributed by atoms with Crippen LogP contribution in [0.15, 0.2) is 48.5 Å². The standard InChI is InChI=1S/C16H14O2.C14H30O2.C6H13ClO2/c1-11(17)13-3-7-15(8-4-13)16-9-5-14(6-10-16)12(2)18;1-15-13-11-9-7-5-3-4-6-8-10-12-14-16-2;1-8-4-3-6(7)5-9-2/h3-10H,1-2H3;3-14H2,1-2H3;6H,3-5H2,1-2H3. The highest BCUT2D eigenvalue weighted by Gasteiger charge is 2.03. The number of unbranched alkanes of at least 4 members (excludes halogenated alkanes) is 9. The lowest BCUT2D eigenvalue weighted by atomic mass is 10.0. The molecule has 0 amide bonds. The van der Waals surface area contributed by atoms with E-state index >= 15 is 0 Å². The van der Waals surface area contributed by atoms with Gasteiger partial charge in [0.05, 0.1) is 12.0 Å². The van der Waals surface area contributed by atoms with Crippen molar-refractivity contribution in [2.45, 2.75) is 89.9 Å². The molecule has 0 aliphatic rings. The quantitative estimate of drug-likeness (QED) is 0.0787.